The van der Waals surface area contributed by atoms with E-state index >= 15 is 0 Å². The molecule has 0 saturated carbocycles. The monoisotopic (exact) mass is 521 g/mol. The van der Waals surface area contributed by atoms with Gasteiger partial charge in [-0.05, 0) is 31.0 Å². The second-order valence-corrected chi connectivity index (χ2v) is 8.55. The van der Waals surface area contributed by atoms with Crippen molar-refractivity contribution in [3.05, 3.63) is 40.5 Å². The third-order valence-electron chi connectivity index (χ3n) is 6.11. The van der Waals surface area contributed by atoms with Crippen LogP contribution in [0.5, 0.6) is 28.7 Å². The average Bonchev–Trinajstić information content (AvgIpc) is 3.49. The van der Waals surface area contributed by atoms with Gasteiger partial charge in [0.15, 0.2) is 23.0 Å². The summed E-state index contributed by atoms with van der Waals surface area (Å²) in [6.45, 7) is 2.39. The maximum absolute atomic E-state index is 12.9. The molecule has 0 bridgehead atoms. The van der Waals surface area contributed by atoms with Gasteiger partial charge < -0.3 is 38.1 Å². The first-order valence-electron chi connectivity index (χ1n) is 11.3. The Hall–Kier alpha value is -3.53. The Kier molecular flexibility index (Phi) is 7.53. The van der Waals surface area contributed by atoms with Crippen LogP contribution in [0.4, 0.5) is 4.79 Å². The Labute approximate surface area is 213 Å². The van der Waals surface area contributed by atoms with E-state index in [0.29, 0.717) is 47.1 Å². The zero-order chi connectivity index (χ0) is 26.0. The number of esters is 1. The summed E-state index contributed by atoms with van der Waals surface area (Å²) in [4.78, 5) is 26.5. The number of halogens is 1. The van der Waals surface area contributed by atoms with Crippen LogP contribution in [-0.2, 0) is 15.9 Å². The van der Waals surface area contributed by atoms with E-state index in [-0.39, 0.29) is 24.7 Å². The van der Waals surface area contributed by atoms with Crippen LogP contribution in [0.2, 0.25) is 0 Å². The number of benzene rings is 2. The number of cyclic esters (lactones) is 1. The minimum atomic E-state index is -0.861. The van der Waals surface area contributed by atoms with Gasteiger partial charge in [-0.1, -0.05) is 6.07 Å². The maximum Gasteiger partial charge on any atom is 0.409 e. The summed E-state index contributed by atoms with van der Waals surface area (Å²) in [5, 5.41) is -0.861. The molecular formula is C25H28ClNO9. The fourth-order valence-electron chi connectivity index (χ4n) is 4.40. The van der Waals surface area contributed by atoms with Crippen LogP contribution >= 0.6 is 11.6 Å². The van der Waals surface area contributed by atoms with Gasteiger partial charge in [-0.15, -0.1) is 11.6 Å². The number of fused-ring (bicyclic) bond motifs is 2. The van der Waals surface area contributed by atoms with Crippen molar-refractivity contribution in [1.29, 1.82) is 0 Å². The van der Waals surface area contributed by atoms with E-state index in [9.17, 15) is 9.59 Å². The Bertz CT molecular complexity index is 1170. The van der Waals surface area contributed by atoms with E-state index in [1.54, 1.807) is 32.2 Å². The van der Waals surface area contributed by atoms with Gasteiger partial charge in [0.1, 0.15) is 17.0 Å². The number of hydrogen-bond donors (Lipinski definition) is 0. The minimum Gasteiger partial charge on any atom is -0.493 e. The quantitative estimate of drug-likeness (QED) is 0.353. The Balaban J connectivity index is 1.76. The molecule has 2 atom stereocenters. The largest absolute Gasteiger partial charge is 0.493 e. The highest BCUT2D eigenvalue weighted by Crippen LogP contribution is 2.54. The third kappa shape index (κ3) is 4.41. The molecule has 2 heterocycles. The molecule has 2 aromatic carbocycles. The van der Waals surface area contributed by atoms with Crippen molar-refractivity contribution < 1.29 is 42.7 Å². The molecule has 194 valence electrons. The van der Waals surface area contributed by atoms with E-state index in [1.165, 1.54) is 26.2 Å². The molecule has 1 amide bonds. The highest BCUT2D eigenvalue weighted by molar-refractivity contribution is 6.22. The molecule has 0 radical (unpaired) electrons. The minimum absolute atomic E-state index is 0.0303. The first-order valence-corrected chi connectivity index (χ1v) is 11.8. The van der Waals surface area contributed by atoms with E-state index in [1.807, 2.05) is 0 Å². The number of nitrogens with zero attached hydrogens (tertiary/aromatic N) is 1. The van der Waals surface area contributed by atoms with Crippen LogP contribution in [0.15, 0.2) is 18.2 Å². The first kappa shape index (κ1) is 25.6. The van der Waals surface area contributed by atoms with Crippen molar-refractivity contribution in [3.8, 4) is 28.7 Å². The molecule has 2 aromatic rings. The van der Waals surface area contributed by atoms with Gasteiger partial charge in [0.2, 0.25) is 12.5 Å². The van der Waals surface area contributed by atoms with Gasteiger partial charge in [-0.25, -0.2) is 9.59 Å². The zero-order valence-electron chi connectivity index (χ0n) is 20.7. The van der Waals surface area contributed by atoms with Crippen molar-refractivity contribution in [2.45, 2.75) is 24.8 Å². The number of alkyl halides is 1. The first-order chi connectivity index (χ1) is 17.4. The molecule has 0 aliphatic carbocycles. The van der Waals surface area contributed by atoms with Crippen molar-refractivity contribution in [3.63, 3.8) is 0 Å². The molecule has 0 spiro atoms. The fraction of sp³-hybridized carbons (Fsp3) is 0.440. The topological polar surface area (TPSA) is 102 Å². The molecule has 2 aliphatic heterocycles. The molecule has 0 aromatic heterocycles. The summed E-state index contributed by atoms with van der Waals surface area (Å²) in [6, 6.07) is 5.23. The number of carbonyl (C=O) groups excluding carboxylic acids is 2. The van der Waals surface area contributed by atoms with E-state index in [4.69, 9.17) is 44.8 Å². The number of likely N-dealkylation sites (N-methyl/N-ethyl adjacent to an activating group) is 1. The number of carbonyl (C=O) groups is 2. The SMILES string of the molecule is CCOC(=O)N(C)CCc1cc2c(c(OC)c1[C@@H](Cl)[C@H]1OC(=O)c3c1ccc(OC)c3OC)OCO2. The predicted octanol–water partition coefficient (Wildman–Crippen LogP) is 4.26. The molecule has 4 rings (SSSR count). The standard InChI is InChI=1S/C25H28ClNO9/c1-6-33-25(29)27(2)10-9-13-11-16-22(35-12-34-16)23(32-5)17(13)19(26)20-14-7-8-15(30-3)21(31-4)18(14)24(28)36-20/h7-8,11,19-20H,6,9-10,12H2,1-5H3/t19-,20+/m1/s1. The van der Waals surface area contributed by atoms with E-state index < -0.39 is 23.5 Å². The zero-order valence-corrected chi connectivity index (χ0v) is 21.5. The molecule has 36 heavy (non-hydrogen) atoms. The van der Waals surface area contributed by atoms with Crippen molar-refractivity contribution in [2.24, 2.45) is 0 Å². The molecule has 11 heteroatoms. The van der Waals surface area contributed by atoms with Gasteiger partial charge in [0.05, 0.1) is 27.9 Å². The smallest absolute Gasteiger partial charge is 0.409 e. The number of hydrogen-bond acceptors (Lipinski definition) is 9. The second-order valence-electron chi connectivity index (χ2n) is 8.08. The summed E-state index contributed by atoms with van der Waals surface area (Å²) in [5.41, 5.74) is 2.14. The van der Waals surface area contributed by atoms with Crippen LogP contribution in [0.3, 0.4) is 0 Å². The molecule has 2 aliphatic rings. The Morgan fingerprint density at radius 3 is 2.58 bits per heavy atom. The molecule has 0 N–H and O–H groups in total. The Morgan fingerprint density at radius 2 is 1.92 bits per heavy atom. The van der Waals surface area contributed by atoms with Crippen LogP contribution in [0.25, 0.3) is 0 Å². The van der Waals surface area contributed by atoms with E-state index in [0.717, 1.165) is 5.56 Å². The predicted molar refractivity (Wildman–Crippen MR) is 129 cm³/mol. The second kappa shape index (κ2) is 10.6. The third-order valence-corrected chi connectivity index (χ3v) is 6.55. The van der Waals surface area contributed by atoms with Crippen LogP contribution in [0.1, 0.15) is 45.5 Å². The summed E-state index contributed by atoms with van der Waals surface area (Å²) in [5.74, 6) is 1.41. The van der Waals surface area contributed by atoms with Crippen LogP contribution in [-0.4, -0.2) is 65.3 Å². The summed E-state index contributed by atoms with van der Waals surface area (Å²) < 4.78 is 38.5. The maximum atomic E-state index is 12.9. The number of ether oxygens (including phenoxy) is 7. The van der Waals surface area contributed by atoms with Crippen molar-refractivity contribution in [2.75, 3.05) is 48.3 Å². The summed E-state index contributed by atoms with van der Waals surface area (Å²) >= 11 is 7.06. The van der Waals surface area contributed by atoms with Crippen molar-refractivity contribution in [1.82, 2.24) is 4.90 Å². The van der Waals surface area contributed by atoms with Gasteiger partial charge in [-0.2, -0.15) is 0 Å². The number of methoxy groups -OCH3 is 3. The molecule has 0 fully saturated rings. The van der Waals surface area contributed by atoms with Gasteiger partial charge in [-0.3, -0.25) is 0 Å². The summed E-state index contributed by atoms with van der Waals surface area (Å²) in [6.07, 6.45) is -0.876. The van der Waals surface area contributed by atoms with Crippen LogP contribution in [0, 0.1) is 0 Å². The number of amides is 1. The molecule has 10 nitrogen and oxygen atoms in total. The molecule has 0 unspecified atom stereocenters. The lowest BCUT2D eigenvalue weighted by molar-refractivity contribution is 0.0372. The Morgan fingerprint density at radius 1 is 1.17 bits per heavy atom. The lowest BCUT2D eigenvalue weighted by Gasteiger charge is -2.25. The number of rotatable bonds is 9. The average molecular weight is 522 g/mol. The lowest BCUT2D eigenvalue weighted by Crippen LogP contribution is -2.29. The molecular weight excluding hydrogens is 494 g/mol. The van der Waals surface area contributed by atoms with E-state index in [2.05, 4.69) is 0 Å². The van der Waals surface area contributed by atoms with Gasteiger partial charge in [0.25, 0.3) is 0 Å². The lowest BCUT2D eigenvalue weighted by atomic mass is 9.92. The highest BCUT2D eigenvalue weighted by Gasteiger charge is 2.42. The van der Waals surface area contributed by atoms with Gasteiger partial charge >= 0.3 is 12.1 Å². The van der Waals surface area contributed by atoms with Gasteiger partial charge in [0, 0.05) is 24.7 Å². The van der Waals surface area contributed by atoms with Crippen molar-refractivity contribution >= 4 is 23.7 Å². The summed E-state index contributed by atoms with van der Waals surface area (Å²) in [7, 11) is 6.09. The van der Waals surface area contributed by atoms with Crippen LogP contribution < -0.4 is 23.7 Å². The fourth-order valence-corrected chi connectivity index (χ4v) is 4.83. The molecule has 0 saturated heterocycles. The highest BCUT2D eigenvalue weighted by atomic mass is 35.5. The normalized spacial score (nSPS) is 16.2.